The quantitative estimate of drug-likeness (QED) is 0.744. The standard InChI is InChI=1S/C18H16FN5O2S/c1-23-18(12-9-27-10-15(12)21-23)20-16(25)8-24-17(26)7-6-14(22-24)11-4-2-3-5-13(11)19/h2-7H,8-10H2,1H3,(H,20,25). The molecule has 138 valence electrons. The van der Waals surface area contributed by atoms with Gasteiger partial charge in [0, 0.05) is 35.7 Å². The molecule has 0 aliphatic carbocycles. The van der Waals surface area contributed by atoms with E-state index in [1.807, 2.05) is 0 Å². The zero-order valence-electron chi connectivity index (χ0n) is 14.5. The van der Waals surface area contributed by atoms with E-state index < -0.39 is 17.3 Å². The first-order chi connectivity index (χ1) is 13.0. The van der Waals surface area contributed by atoms with Gasteiger partial charge in [0.1, 0.15) is 18.2 Å². The third-order valence-electron chi connectivity index (χ3n) is 4.28. The molecule has 27 heavy (non-hydrogen) atoms. The molecule has 1 amide bonds. The molecule has 1 aliphatic rings. The number of thioether (sulfide) groups is 1. The minimum absolute atomic E-state index is 0.270. The first kappa shape index (κ1) is 17.5. The van der Waals surface area contributed by atoms with E-state index in [-0.39, 0.29) is 12.1 Å². The third-order valence-corrected chi connectivity index (χ3v) is 5.25. The molecule has 0 bridgehead atoms. The SMILES string of the molecule is Cn1nc2c(c1NC(=O)Cn1nc(-c3ccccc3F)ccc1=O)CSC2. The average molecular weight is 385 g/mol. The van der Waals surface area contributed by atoms with Crippen LogP contribution in [0.3, 0.4) is 0 Å². The van der Waals surface area contributed by atoms with Gasteiger partial charge >= 0.3 is 0 Å². The summed E-state index contributed by atoms with van der Waals surface area (Å²) >= 11 is 1.74. The smallest absolute Gasteiger partial charge is 0.267 e. The van der Waals surface area contributed by atoms with Gasteiger partial charge in [-0.2, -0.15) is 22.0 Å². The topological polar surface area (TPSA) is 81.8 Å². The number of carbonyl (C=O) groups excluding carboxylic acids is 1. The Bertz CT molecular complexity index is 1090. The van der Waals surface area contributed by atoms with E-state index in [1.54, 1.807) is 41.7 Å². The first-order valence-corrected chi connectivity index (χ1v) is 9.44. The van der Waals surface area contributed by atoms with Gasteiger partial charge in [-0.3, -0.25) is 14.3 Å². The highest BCUT2D eigenvalue weighted by molar-refractivity contribution is 7.98. The molecule has 1 N–H and O–H groups in total. The highest BCUT2D eigenvalue weighted by Gasteiger charge is 2.22. The van der Waals surface area contributed by atoms with Crippen molar-refractivity contribution in [2.45, 2.75) is 18.1 Å². The van der Waals surface area contributed by atoms with Gasteiger partial charge in [0.15, 0.2) is 0 Å². The van der Waals surface area contributed by atoms with Gasteiger partial charge in [0.2, 0.25) is 5.91 Å². The summed E-state index contributed by atoms with van der Waals surface area (Å²) in [5, 5.41) is 11.3. The summed E-state index contributed by atoms with van der Waals surface area (Å²) in [4.78, 5) is 24.6. The molecule has 1 aliphatic heterocycles. The molecular weight excluding hydrogens is 369 g/mol. The van der Waals surface area contributed by atoms with Crippen LogP contribution in [0.25, 0.3) is 11.3 Å². The van der Waals surface area contributed by atoms with E-state index in [2.05, 4.69) is 15.5 Å². The molecule has 7 nitrogen and oxygen atoms in total. The lowest BCUT2D eigenvalue weighted by Gasteiger charge is -2.10. The lowest BCUT2D eigenvalue weighted by molar-refractivity contribution is -0.117. The summed E-state index contributed by atoms with van der Waals surface area (Å²) in [5.41, 5.74) is 2.10. The maximum Gasteiger partial charge on any atom is 0.267 e. The van der Waals surface area contributed by atoms with Crippen molar-refractivity contribution < 1.29 is 9.18 Å². The Balaban J connectivity index is 1.58. The fraction of sp³-hybridized carbons (Fsp3) is 0.222. The van der Waals surface area contributed by atoms with E-state index in [0.29, 0.717) is 11.5 Å². The second kappa shape index (κ2) is 6.99. The van der Waals surface area contributed by atoms with Crippen molar-refractivity contribution in [3.05, 3.63) is 63.8 Å². The third kappa shape index (κ3) is 3.37. The molecule has 0 spiro atoms. The van der Waals surface area contributed by atoms with E-state index in [9.17, 15) is 14.0 Å². The van der Waals surface area contributed by atoms with E-state index >= 15 is 0 Å². The van der Waals surface area contributed by atoms with Crippen LogP contribution < -0.4 is 10.9 Å². The molecule has 0 saturated heterocycles. The summed E-state index contributed by atoms with van der Waals surface area (Å²) in [7, 11) is 1.77. The minimum Gasteiger partial charge on any atom is -0.309 e. The molecule has 9 heteroatoms. The number of hydrogen-bond donors (Lipinski definition) is 1. The molecule has 1 aromatic carbocycles. The van der Waals surface area contributed by atoms with E-state index in [0.717, 1.165) is 27.4 Å². The van der Waals surface area contributed by atoms with Gasteiger partial charge in [0.25, 0.3) is 5.56 Å². The Morgan fingerprint density at radius 1 is 1.22 bits per heavy atom. The number of halogens is 1. The normalized spacial score (nSPS) is 12.8. The monoisotopic (exact) mass is 385 g/mol. The van der Waals surface area contributed by atoms with Crippen LogP contribution in [-0.4, -0.2) is 25.5 Å². The Morgan fingerprint density at radius 3 is 2.85 bits per heavy atom. The number of nitrogens with one attached hydrogen (secondary N) is 1. The van der Waals surface area contributed by atoms with Crippen LogP contribution in [0.5, 0.6) is 0 Å². The van der Waals surface area contributed by atoms with Gasteiger partial charge in [0.05, 0.1) is 11.4 Å². The van der Waals surface area contributed by atoms with Gasteiger partial charge in [-0.05, 0) is 18.2 Å². The Morgan fingerprint density at radius 2 is 2.04 bits per heavy atom. The number of anilines is 1. The molecule has 0 atom stereocenters. The number of carbonyl (C=O) groups is 1. The molecule has 0 unspecified atom stereocenters. The lowest BCUT2D eigenvalue weighted by atomic mass is 10.1. The van der Waals surface area contributed by atoms with Crippen LogP contribution in [0.2, 0.25) is 0 Å². The average Bonchev–Trinajstić information content (AvgIpc) is 3.20. The number of fused-ring (bicyclic) bond motifs is 1. The number of hydrogen-bond acceptors (Lipinski definition) is 5. The van der Waals surface area contributed by atoms with E-state index in [1.165, 1.54) is 18.2 Å². The van der Waals surface area contributed by atoms with Crippen LogP contribution >= 0.6 is 11.8 Å². The summed E-state index contributed by atoms with van der Waals surface area (Å²) in [6, 6.07) is 8.88. The van der Waals surface area contributed by atoms with Gasteiger partial charge in [-0.15, -0.1) is 0 Å². The number of aromatic nitrogens is 4. The van der Waals surface area contributed by atoms with Crippen molar-refractivity contribution in [2.75, 3.05) is 5.32 Å². The minimum atomic E-state index is -0.442. The Kier molecular flexibility index (Phi) is 4.53. The maximum absolute atomic E-state index is 14.0. The summed E-state index contributed by atoms with van der Waals surface area (Å²) in [6.07, 6.45) is 0. The van der Waals surface area contributed by atoms with Crippen LogP contribution in [0.4, 0.5) is 10.2 Å². The van der Waals surface area contributed by atoms with Gasteiger partial charge in [-0.1, -0.05) is 12.1 Å². The summed E-state index contributed by atoms with van der Waals surface area (Å²) < 4.78 is 16.6. The zero-order chi connectivity index (χ0) is 19.0. The summed E-state index contributed by atoms with van der Waals surface area (Å²) in [5.74, 6) is 1.42. The van der Waals surface area contributed by atoms with Crippen LogP contribution in [0.1, 0.15) is 11.3 Å². The fourth-order valence-corrected chi connectivity index (χ4v) is 4.01. The van der Waals surface area contributed by atoms with Crippen molar-refractivity contribution >= 4 is 23.5 Å². The molecule has 0 saturated carbocycles. The first-order valence-electron chi connectivity index (χ1n) is 8.28. The predicted molar refractivity (Wildman–Crippen MR) is 101 cm³/mol. The van der Waals surface area contributed by atoms with Crippen LogP contribution in [-0.2, 0) is 29.9 Å². The second-order valence-electron chi connectivity index (χ2n) is 6.13. The molecular formula is C18H16FN5O2S. The zero-order valence-corrected chi connectivity index (χ0v) is 15.3. The number of aryl methyl sites for hydroxylation is 1. The fourth-order valence-electron chi connectivity index (χ4n) is 2.98. The van der Waals surface area contributed by atoms with Crippen LogP contribution in [0, 0.1) is 5.82 Å². The molecule has 3 aromatic rings. The Hall–Kier alpha value is -2.94. The van der Waals surface area contributed by atoms with E-state index in [4.69, 9.17) is 0 Å². The molecule has 3 heterocycles. The largest absolute Gasteiger partial charge is 0.309 e. The highest BCUT2D eigenvalue weighted by Crippen LogP contribution is 2.34. The molecule has 0 radical (unpaired) electrons. The van der Waals surface area contributed by atoms with Crippen molar-refractivity contribution in [1.82, 2.24) is 19.6 Å². The molecule has 2 aromatic heterocycles. The Labute approximate surface area is 158 Å². The number of rotatable bonds is 4. The van der Waals surface area contributed by atoms with Crippen molar-refractivity contribution in [3.8, 4) is 11.3 Å². The number of nitrogens with zero attached hydrogens (tertiary/aromatic N) is 4. The van der Waals surface area contributed by atoms with Crippen molar-refractivity contribution in [1.29, 1.82) is 0 Å². The summed E-state index contributed by atoms with van der Waals surface area (Å²) in [6.45, 7) is -0.270. The highest BCUT2D eigenvalue weighted by atomic mass is 32.2. The van der Waals surface area contributed by atoms with Crippen molar-refractivity contribution in [2.24, 2.45) is 7.05 Å². The number of amides is 1. The maximum atomic E-state index is 14.0. The predicted octanol–water partition coefficient (Wildman–Crippen LogP) is 2.17. The number of benzene rings is 1. The van der Waals surface area contributed by atoms with Gasteiger partial charge in [-0.25, -0.2) is 9.07 Å². The van der Waals surface area contributed by atoms with Gasteiger partial charge < -0.3 is 5.32 Å². The second-order valence-corrected chi connectivity index (χ2v) is 7.12. The van der Waals surface area contributed by atoms with Crippen LogP contribution in [0.15, 0.2) is 41.2 Å². The lowest BCUT2D eigenvalue weighted by Crippen LogP contribution is -2.30. The van der Waals surface area contributed by atoms with Crippen molar-refractivity contribution in [3.63, 3.8) is 0 Å². The molecule has 0 fully saturated rings. The molecule has 4 rings (SSSR count).